The molecule has 2 rings (SSSR count). The molecule has 2 fully saturated rings. The quantitative estimate of drug-likeness (QED) is 0.492. The first-order valence-electron chi connectivity index (χ1n) is 9.15. The highest BCUT2D eigenvalue weighted by Gasteiger charge is 2.49. The van der Waals surface area contributed by atoms with Crippen LogP contribution >= 0.6 is 0 Å². The Kier molecular flexibility index (Phi) is 8.54. The molecule has 2 heterocycles. The van der Waals surface area contributed by atoms with Crippen LogP contribution in [0.5, 0.6) is 0 Å². The van der Waals surface area contributed by atoms with Gasteiger partial charge in [0, 0.05) is 7.11 Å². The lowest BCUT2D eigenvalue weighted by Gasteiger charge is -2.47. The van der Waals surface area contributed by atoms with Gasteiger partial charge in [-0.3, -0.25) is 10.1 Å². The number of aliphatic hydroxyl groups excluding tert-OH is 1. The zero-order valence-corrected chi connectivity index (χ0v) is 15.1. The van der Waals surface area contributed by atoms with Crippen LogP contribution in [0.25, 0.3) is 0 Å². The number of hydrogen-bond acceptors (Lipinski definition) is 7. The third kappa shape index (κ3) is 5.87. The van der Waals surface area contributed by atoms with Crippen LogP contribution in [0.4, 0.5) is 0 Å². The van der Waals surface area contributed by atoms with Crippen molar-refractivity contribution >= 4 is 5.97 Å². The summed E-state index contributed by atoms with van der Waals surface area (Å²) in [6.07, 6.45) is 3.53. The second-order valence-corrected chi connectivity index (χ2v) is 6.64. The second-order valence-electron chi connectivity index (χ2n) is 6.64. The molecule has 6 atom stereocenters. The van der Waals surface area contributed by atoms with Crippen LogP contribution in [-0.2, 0) is 23.7 Å². The van der Waals surface area contributed by atoms with Crippen LogP contribution in [0.15, 0.2) is 0 Å². The monoisotopic (exact) mass is 361 g/mol. The summed E-state index contributed by atoms with van der Waals surface area (Å²) >= 11 is 0. The van der Waals surface area contributed by atoms with Crippen LogP contribution in [0.1, 0.15) is 45.4 Å². The van der Waals surface area contributed by atoms with E-state index >= 15 is 0 Å². The average molecular weight is 361 g/mol. The summed E-state index contributed by atoms with van der Waals surface area (Å²) in [7, 11) is 1.46. The van der Waals surface area contributed by atoms with E-state index in [1.54, 1.807) is 0 Å². The SMILES string of the molecule is CCCCCCCC1OC[C@H]2O[C@H](OC)[C@H](NCC(=O)O)[C@@H](O)[C@@H]2O1. The lowest BCUT2D eigenvalue weighted by molar-refractivity contribution is -0.339. The average Bonchev–Trinajstić information content (AvgIpc) is 2.60. The van der Waals surface area contributed by atoms with Crippen molar-refractivity contribution < 1.29 is 34.0 Å². The summed E-state index contributed by atoms with van der Waals surface area (Å²) in [6.45, 7) is 2.21. The number of aliphatic carboxylic acids is 1. The second kappa shape index (κ2) is 10.4. The van der Waals surface area contributed by atoms with Crippen molar-refractivity contribution in [1.82, 2.24) is 5.32 Å². The highest BCUT2D eigenvalue weighted by Crippen LogP contribution is 2.30. The lowest BCUT2D eigenvalue weighted by Crippen LogP contribution is -2.67. The Hall–Kier alpha value is -0.770. The van der Waals surface area contributed by atoms with Crippen molar-refractivity contribution in [1.29, 1.82) is 0 Å². The molecule has 0 aromatic rings. The van der Waals surface area contributed by atoms with Crippen LogP contribution < -0.4 is 5.32 Å². The van der Waals surface area contributed by atoms with Crippen LogP contribution in [0.3, 0.4) is 0 Å². The van der Waals surface area contributed by atoms with Gasteiger partial charge < -0.3 is 29.2 Å². The minimum Gasteiger partial charge on any atom is -0.480 e. The fourth-order valence-corrected chi connectivity index (χ4v) is 3.33. The van der Waals surface area contributed by atoms with Gasteiger partial charge in [-0.05, 0) is 12.8 Å². The standard InChI is InChI=1S/C17H31NO7/c1-3-4-5-6-7-8-13-23-10-11-16(25-13)15(21)14(17(22-2)24-11)18-9-12(19)20/h11,13-18,21H,3-10H2,1-2H3,(H,19,20)/t11-,13?,14-,15-,16-,17+/m1/s1. The van der Waals surface area contributed by atoms with E-state index in [0.29, 0.717) is 6.61 Å². The molecule has 0 spiro atoms. The summed E-state index contributed by atoms with van der Waals surface area (Å²) < 4.78 is 22.6. The number of aliphatic hydroxyl groups is 1. The van der Waals surface area contributed by atoms with E-state index in [-0.39, 0.29) is 12.8 Å². The molecule has 1 unspecified atom stereocenters. The number of ether oxygens (including phenoxy) is 4. The summed E-state index contributed by atoms with van der Waals surface area (Å²) in [5, 5.41) is 22.3. The zero-order valence-electron chi connectivity index (χ0n) is 15.1. The lowest BCUT2D eigenvalue weighted by atomic mass is 9.95. The minimum atomic E-state index is -1.01. The Morgan fingerprint density at radius 2 is 2.00 bits per heavy atom. The number of nitrogens with one attached hydrogen (secondary N) is 1. The molecule has 0 aliphatic carbocycles. The number of carboxylic acid groups (broad SMARTS) is 1. The number of carboxylic acids is 1. The minimum absolute atomic E-state index is 0.292. The molecule has 146 valence electrons. The number of fused-ring (bicyclic) bond motifs is 1. The van der Waals surface area contributed by atoms with E-state index in [1.807, 2.05) is 0 Å². The molecule has 2 saturated heterocycles. The summed E-state index contributed by atoms with van der Waals surface area (Å²) in [5.41, 5.74) is 0. The van der Waals surface area contributed by atoms with Crippen molar-refractivity contribution in [3.8, 4) is 0 Å². The molecular weight excluding hydrogens is 330 g/mol. The molecule has 0 aromatic carbocycles. The van der Waals surface area contributed by atoms with Crippen LogP contribution in [0, 0.1) is 0 Å². The number of rotatable bonds is 10. The first-order chi connectivity index (χ1) is 12.1. The van der Waals surface area contributed by atoms with Crippen LogP contribution in [0.2, 0.25) is 0 Å². The van der Waals surface area contributed by atoms with Gasteiger partial charge in [0.2, 0.25) is 0 Å². The van der Waals surface area contributed by atoms with Gasteiger partial charge >= 0.3 is 5.97 Å². The Morgan fingerprint density at radius 1 is 1.24 bits per heavy atom. The molecule has 8 nitrogen and oxygen atoms in total. The molecule has 0 saturated carbocycles. The maximum Gasteiger partial charge on any atom is 0.317 e. The highest BCUT2D eigenvalue weighted by atomic mass is 16.7. The van der Waals surface area contributed by atoms with E-state index in [0.717, 1.165) is 19.3 Å². The fraction of sp³-hybridized carbons (Fsp3) is 0.941. The van der Waals surface area contributed by atoms with E-state index in [9.17, 15) is 9.90 Å². The Balaban J connectivity index is 1.86. The van der Waals surface area contributed by atoms with Crippen molar-refractivity contribution in [2.75, 3.05) is 20.3 Å². The van der Waals surface area contributed by atoms with E-state index in [1.165, 1.54) is 26.4 Å². The van der Waals surface area contributed by atoms with Gasteiger partial charge in [0.25, 0.3) is 0 Å². The Bertz CT molecular complexity index is 406. The van der Waals surface area contributed by atoms with Gasteiger partial charge in [0.15, 0.2) is 12.6 Å². The smallest absolute Gasteiger partial charge is 0.317 e. The number of carbonyl (C=O) groups is 1. The van der Waals surface area contributed by atoms with Gasteiger partial charge in [0.1, 0.15) is 18.3 Å². The highest BCUT2D eigenvalue weighted by molar-refractivity contribution is 5.69. The van der Waals surface area contributed by atoms with Crippen molar-refractivity contribution in [2.45, 2.75) is 82.4 Å². The van der Waals surface area contributed by atoms with Gasteiger partial charge in [-0.15, -0.1) is 0 Å². The normalized spacial score (nSPS) is 35.3. The molecule has 0 bridgehead atoms. The number of unbranched alkanes of at least 4 members (excludes halogenated alkanes) is 4. The predicted octanol–water partition coefficient (Wildman–Crippen LogP) is 0.863. The molecule has 0 radical (unpaired) electrons. The summed E-state index contributed by atoms with van der Waals surface area (Å²) in [6, 6.07) is -0.675. The van der Waals surface area contributed by atoms with Gasteiger partial charge in [-0.2, -0.15) is 0 Å². The van der Waals surface area contributed by atoms with Crippen molar-refractivity contribution in [3.05, 3.63) is 0 Å². The van der Waals surface area contributed by atoms with Crippen molar-refractivity contribution in [3.63, 3.8) is 0 Å². The molecule has 0 amide bonds. The first kappa shape index (κ1) is 20.5. The Morgan fingerprint density at radius 3 is 2.68 bits per heavy atom. The van der Waals surface area contributed by atoms with E-state index in [4.69, 9.17) is 24.1 Å². The third-order valence-corrected chi connectivity index (χ3v) is 4.69. The largest absolute Gasteiger partial charge is 0.480 e. The molecular formula is C17H31NO7. The topological polar surface area (TPSA) is 106 Å². The first-order valence-corrected chi connectivity index (χ1v) is 9.15. The fourth-order valence-electron chi connectivity index (χ4n) is 3.33. The summed E-state index contributed by atoms with van der Waals surface area (Å²) in [5.74, 6) is -1.01. The molecule has 2 aliphatic heterocycles. The number of methoxy groups -OCH3 is 1. The van der Waals surface area contributed by atoms with Crippen molar-refractivity contribution in [2.24, 2.45) is 0 Å². The third-order valence-electron chi connectivity index (χ3n) is 4.69. The predicted molar refractivity (Wildman–Crippen MR) is 89.1 cm³/mol. The van der Waals surface area contributed by atoms with Gasteiger partial charge in [-0.1, -0.05) is 32.6 Å². The van der Waals surface area contributed by atoms with Gasteiger partial charge in [0.05, 0.1) is 19.2 Å². The van der Waals surface area contributed by atoms with E-state index in [2.05, 4.69) is 12.2 Å². The zero-order chi connectivity index (χ0) is 18.2. The number of hydrogen-bond donors (Lipinski definition) is 3. The molecule has 25 heavy (non-hydrogen) atoms. The van der Waals surface area contributed by atoms with E-state index < -0.39 is 36.6 Å². The molecule has 2 aliphatic rings. The summed E-state index contributed by atoms with van der Waals surface area (Å²) in [4.78, 5) is 10.8. The van der Waals surface area contributed by atoms with Gasteiger partial charge in [-0.25, -0.2) is 0 Å². The van der Waals surface area contributed by atoms with Crippen LogP contribution in [-0.4, -0.2) is 73.4 Å². The molecule has 0 aromatic heterocycles. The Labute approximate surface area is 148 Å². The molecule has 3 N–H and O–H groups in total. The molecule has 8 heteroatoms. The maximum absolute atomic E-state index is 10.8. The maximum atomic E-state index is 10.8.